The summed E-state index contributed by atoms with van der Waals surface area (Å²) in [4.78, 5) is 12.6. The summed E-state index contributed by atoms with van der Waals surface area (Å²) in [5.74, 6) is 0.871. The topological polar surface area (TPSA) is 84.9 Å². The lowest BCUT2D eigenvalue weighted by molar-refractivity contribution is -0.116. The molecular weight excluding hydrogens is 452 g/mol. The number of hydrogen-bond acceptors (Lipinski definition) is 5. The van der Waals surface area contributed by atoms with E-state index in [4.69, 9.17) is 9.47 Å². The predicted molar refractivity (Wildman–Crippen MR) is 134 cm³/mol. The Hall–Kier alpha value is -2.84. The molecule has 0 spiro atoms. The van der Waals surface area contributed by atoms with Crippen LogP contribution in [-0.2, 0) is 25.0 Å². The summed E-state index contributed by atoms with van der Waals surface area (Å²) in [5.41, 5.74) is 2.50. The molecule has 0 atom stereocenters. The Bertz CT molecular complexity index is 1100. The van der Waals surface area contributed by atoms with Gasteiger partial charge in [0.1, 0.15) is 5.75 Å². The number of carbonyl (C=O) groups excluding carboxylic acids is 1. The average molecular weight is 485 g/mol. The maximum absolute atomic E-state index is 12.6. The molecule has 182 valence electrons. The van der Waals surface area contributed by atoms with Crippen LogP contribution in [0.5, 0.6) is 5.75 Å². The van der Waals surface area contributed by atoms with Crippen LogP contribution in [0, 0.1) is 0 Å². The van der Waals surface area contributed by atoms with Gasteiger partial charge in [-0.1, -0.05) is 24.3 Å². The van der Waals surface area contributed by atoms with Crippen molar-refractivity contribution in [2.45, 2.75) is 31.6 Å². The maximum Gasteiger partial charge on any atom is 0.244 e. The Morgan fingerprint density at radius 2 is 1.82 bits per heavy atom. The monoisotopic (exact) mass is 484 g/mol. The van der Waals surface area contributed by atoms with Gasteiger partial charge >= 0.3 is 0 Å². The van der Waals surface area contributed by atoms with Gasteiger partial charge in [0.25, 0.3) is 0 Å². The van der Waals surface area contributed by atoms with Crippen LogP contribution in [0.15, 0.2) is 54.6 Å². The first-order valence-corrected chi connectivity index (χ1v) is 13.4. The van der Waals surface area contributed by atoms with Crippen LogP contribution in [0.2, 0.25) is 0 Å². The van der Waals surface area contributed by atoms with Gasteiger partial charge in [0.15, 0.2) is 0 Å². The van der Waals surface area contributed by atoms with E-state index >= 15 is 0 Å². The van der Waals surface area contributed by atoms with E-state index in [2.05, 4.69) is 17.4 Å². The first kappa shape index (κ1) is 24.3. The molecule has 2 saturated heterocycles. The third kappa shape index (κ3) is 5.62. The molecule has 0 saturated carbocycles. The van der Waals surface area contributed by atoms with E-state index in [1.165, 1.54) is 15.9 Å². The van der Waals surface area contributed by atoms with Crippen LogP contribution in [0.4, 0.5) is 5.69 Å². The number of sulfonamides is 1. The van der Waals surface area contributed by atoms with Gasteiger partial charge < -0.3 is 14.8 Å². The molecule has 34 heavy (non-hydrogen) atoms. The predicted octanol–water partition coefficient (Wildman–Crippen LogP) is 3.50. The standard InChI is InChI=1S/C26H32N2O5S/c1-2-33-24-11-7-22(8-12-24)26(14-17-32-18-15-26)20-27-25(29)13-6-21-4-9-23(10-5-21)28-16-3-19-34(28,30)31/h4-13H,2-3,14-20H2,1H3,(H,27,29)/b13-6+. The zero-order chi connectivity index (χ0) is 24.0. The van der Waals surface area contributed by atoms with Crippen LogP contribution in [0.25, 0.3) is 6.08 Å². The molecule has 0 bridgehead atoms. The molecule has 8 heteroatoms. The quantitative estimate of drug-likeness (QED) is 0.580. The molecule has 2 heterocycles. The fourth-order valence-electron chi connectivity index (χ4n) is 4.57. The Kier molecular flexibility index (Phi) is 7.58. The number of amides is 1. The van der Waals surface area contributed by atoms with E-state index in [9.17, 15) is 13.2 Å². The number of anilines is 1. The number of hydrogen-bond donors (Lipinski definition) is 1. The van der Waals surface area contributed by atoms with Crippen LogP contribution in [0.3, 0.4) is 0 Å². The number of rotatable bonds is 8. The number of benzene rings is 2. The van der Waals surface area contributed by atoms with Crippen molar-refractivity contribution in [3.63, 3.8) is 0 Å². The average Bonchev–Trinajstić information content (AvgIpc) is 3.22. The van der Waals surface area contributed by atoms with E-state index in [1.54, 1.807) is 18.2 Å². The fraction of sp³-hybridized carbons (Fsp3) is 0.423. The summed E-state index contributed by atoms with van der Waals surface area (Å²) >= 11 is 0. The molecule has 7 nitrogen and oxygen atoms in total. The van der Waals surface area contributed by atoms with E-state index in [0.29, 0.717) is 45.0 Å². The van der Waals surface area contributed by atoms with Crippen molar-refractivity contribution in [1.29, 1.82) is 0 Å². The number of nitrogens with one attached hydrogen (secondary N) is 1. The van der Waals surface area contributed by atoms with Crippen LogP contribution in [0.1, 0.15) is 37.3 Å². The summed E-state index contributed by atoms with van der Waals surface area (Å²) in [6.07, 6.45) is 5.59. The number of ether oxygens (including phenoxy) is 2. The molecule has 0 radical (unpaired) electrons. The lowest BCUT2D eigenvalue weighted by Gasteiger charge is -2.38. The van der Waals surface area contributed by atoms with Gasteiger partial charge in [-0.05, 0) is 67.7 Å². The Morgan fingerprint density at radius 1 is 1.12 bits per heavy atom. The lowest BCUT2D eigenvalue weighted by atomic mass is 9.74. The van der Waals surface area contributed by atoms with E-state index < -0.39 is 10.0 Å². The zero-order valence-corrected chi connectivity index (χ0v) is 20.4. The molecule has 2 aliphatic rings. The minimum Gasteiger partial charge on any atom is -0.494 e. The van der Waals surface area contributed by atoms with Crippen LogP contribution < -0.4 is 14.4 Å². The van der Waals surface area contributed by atoms with Crippen molar-refractivity contribution in [3.05, 3.63) is 65.7 Å². The van der Waals surface area contributed by atoms with Crippen molar-refractivity contribution >= 4 is 27.7 Å². The van der Waals surface area contributed by atoms with Crippen LogP contribution >= 0.6 is 0 Å². The number of nitrogens with zero attached hydrogens (tertiary/aromatic N) is 1. The molecule has 1 N–H and O–H groups in total. The molecule has 0 aliphatic carbocycles. The minimum absolute atomic E-state index is 0.164. The Balaban J connectivity index is 1.38. The van der Waals surface area contributed by atoms with Gasteiger partial charge in [0.2, 0.25) is 15.9 Å². The molecule has 2 aromatic rings. The van der Waals surface area contributed by atoms with E-state index in [1.807, 2.05) is 31.2 Å². The SMILES string of the molecule is CCOc1ccc(C2(CNC(=O)/C=C/c3ccc(N4CCCS4(=O)=O)cc3)CCOCC2)cc1. The highest BCUT2D eigenvalue weighted by molar-refractivity contribution is 7.93. The van der Waals surface area contributed by atoms with Crippen molar-refractivity contribution in [2.24, 2.45) is 0 Å². The maximum atomic E-state index is 12.6. The van der Waals surface area contributed by atoms with E-state index in [-0.39, 0.29) is 17.1 Å². The van der Waals surface area contributed by atoms with Gasteiger partial charge in [0, 0.05) is 37.8 Å². The van der Waals surface area contributed by atoms with E-state index in [0.717, 1.165) is 24.2 Å². The highest BCUT2D eigenvalue weighted by atomic mass is 32.2. The molecule has 2 fully saturated rings. The molecular formula is C26H32N2O5S. The summed E-state index contributed by atoms with van der Waals surface area (Å²) < 4.78 is 36.8. The second kappa shape index (κ2) is 10.6. The first-order chi connectivity index (χ1) is 16.4. The number of carbonyl (C=O) groups is 1. The summed E-state index contributed by atoms with van der Waals surface area (Å²) in [6.45, 7) is 4.96. The summed E-state index contributed by atoms with van der Waals surface area (Å²) in [6, 6.07) is 15.3. The van der Waals surface area contributed by atoms with Gasteiger partial charge in [-0.15, -0.1) is 0 Å². The molecule has 4 rings (SSSR count). The van der Waals surface area contributed by atoms with Crippen LogP contribution in [-0.4, -0.2) is 53.0 Å². The molecule has 2 aliphatic heterocycles. The zero-order valence-electron chi connectivity index (χ0n) is 19.5. The smallest absolute Gasteiger partial charge is 0.244 e. The molecule has 0 unspecified atom stereocenters. The Labute approximate surface area is 201 Å². The largest absolute Gasteiger partial charge is 0.494 e. The highest BCUT2D eigenvalue weighted by Crippen LogP contribution is 2.35. The van der Waals surface area contributed by atoms with Gasteiger partial charge in [-0.2, -0.15) is 0 Å². The second-order valence-corrected chi connectivity index (χ2v) is 10.7. The second-order valence-electron chi connectivity index (χ2n) is 8.73. The van der Waals surface area contributed by atoms with Crippen molar-refractivity contribution in [3.8, 4) is 5.75 Å². The van der Waals surface area contributed by atoms with Crippen molar-refractivity contribution in [2.75, 3.05) is 43.0 Å². The first-order valence-electron chi connectivity index (χ1n) is 11.8. The highest BCUT2D eigenvalue weighted by Gasteiger charge is 2.34. The third-order valence-electron chi connectivity index (χ3n) is 6.54. The molecule has 2 aromatic carbocycles. The molecule has 1 amide bonds. The third-order valence-corrected chi connectivity index (χ3v) is 8.41. The van der Waals surface area contributed by atoms with Crippen molar-refractivity contribution in [1.82, 2.24) is 5.32 Å². The van der Waals surface area contributed by atoms with Gasteiger partial charge in [-0.3, -0.25) is 9.10 Å². The lowest BCUT2D eigenvalue weighted by Crippen LogP contribution is -2.44. The summed E-state index contributed by atoms with van der Waals surface area (Å²) in [5, 5.41) is 3.07. The van der Waals surface area contributed by atoms with Gasteiger partial charge in [-0.25, -0.2) is 8.42 Å². The van der Waals surface area contributed by atoms with Crippen molar-refractivity contribution < 1.29 is 22.7 Å². The fourth-order valence-corrected chi connectivity index (χ4v) is 6.13. The minimum atomic E-state index is -3.20. The normalized spacial score (nSPS) is 19.3. The Morgan fingerprint density at radius 3 is 2.44 bits per heavy atom. The van der Waals surface area contributed by atoms with Gasteiger partial charge in [0.05, 0.1) is 18.0 Å². The summed E-state index contributed by atoms with van der Waals surface area (Å²) in [7, 11) is -3.20. The molecule has 0 aromatic heterocycles.